The van der Waals surface area contributed by atoms with E-state index in [2.05, 4.69) is 35.0 Å². The number of benzene rings is 1. The third-order valence-corrected chi connectivity index (χ3v) is 5.01. The molecule has 0 amide bonds. The molecule has 0 aromatic heterocycles. The van der Waals surface area contributed by atoms with Crippen LogP contribution in [0.25, 0.3) is 0 Å². The van der Waals surface area contributed by atoms with Gasteiger partial charge < -0.3 is 15.4 Å². The molecule has 0 bridgehead atoms. The van der Waals surface area contributed by atoms with Crippen molar-refractivity contribution in [3.63, 3.8) is 0 Å². The minimum atomic E-state index is 0.427. The monoisotopic (exact) mass is 289 g/mol. The van der Waals surface area contributed by atoms with E-state index in [-0.39, 0.29) is 0 Å². The second-order valence-electron chi connectivity index (χ2n) is 6.41. The molecule has 0 spiro atoms. The summed E-state index contributed by atoms with van der Waals surface area (Å²) in [6.45, 7) is 4.21. The first-order valence-corrected chi connectivity index (χ1v) is 8.06. The molecule has 2 aliphatic heterocycles. The molecule has 2 aliphatic rings. The van der Waals surface area contributed by atoms with E-state index in [1.54, 1.807) is 7.11 Å². The third kappa shape index (κ3) is 2.87. The zero-order valence-electron chi connectivity index (χ0n) is 13.2. The van der Waals surface area contributed by atoms with Gasteiger partial charge in [-0.05, 0) is 57.0 Å². The van der Waals surface area contributed by atoms with Gasteiger partial charge in [0.05, 0.1) is 7.11 Å². The summed E-state index contributed by atoms with van der Waals surface area (Å²) in [6, 6.07) is 7.09. The van der Waals surface area contributed by atoms with Crippen molar-refractivity contribution in [2.24, 2.45) is 11.7 Å². The number of ether oxygens (including phenoxy) is 1. The van der Waals surface area contributed by atoms with E-state index < -0.39 is 0 Å². The molecule has 0 saturated carbocycles. The summed E-state index contributed by atoms with van der Waals surface area (Å²) < 4.78 is 5.62. The molecule has 1 aromatic carbocycles. The van der Waals surface area contributed by atoms with Crippen molar-refractivity contribution >= 4 is 5.69 Å². The van der Waals surface area contributed by atoms with Crippen LogP contribution in [0.3, 0.4) is 0 Å². The lowest BCUT2D eigenvalue weighted by Gasteiger charge is -2.25. The summed E-state index contributed by atoms with van der Waals surface area (Å²) in [5.74, 6) is 1.60. The van der Waals surface area contributed by atoms with E-state index in [4.69, 9.17) is 10.5 Å². The second kappa shape index (κ2) is 6.24. The van der Waals surface area contributed by atoms with Crippen LogP contribution in [0.15, 0.2) is 18.2 Å². The highest BCUT2D eigenvalue weighted by Gasteiger charge is 2.32. The molecule has 2 N–H and O–H groups in total. The molecule has 3 rings (SSSR count). The maximum absolute atomic E-state index is 5.87. The lowest BCUT2D eigenvalue weighted by Crippen LogP contribution is -2.21. The predicted molar refractivity (Wildman–Crippen MR) is 87.0 cm³/mol. The normalized spacial score (nSPS) is 26.5. The van der Waals surface area contributed by atoms with Crippen molar-refractivity contribution in [1.82, 2.24) is 4.90 Å². The maximum atomic E-state index is 5.87. The first-order valence-electron chi connectivity index (χ1n) is 8.06. The van der Waals surface area contributed by atoms with Gasteiger partial charge in [-0.25, -0.2) is 0 Å². The molecule has 2 atom stereocenters. The molecule has 2 fully saturated rings. The zero-order valence-corrected chi connectivity index (χ0v) is 13.2. The number of rotatable bonds is 4. The van der Waals surface area contributed by atoms with Gasteiger partial charge in [-0.3, -0.25) is 4.90 Å². The van der Waals surface area contributed by atoms with Crippen molar-refractivity contribution in [3.8, 4) is 5.75 Å². The Labute approximate surface area is 127 Å². The van der Waals surface area contributed by atoms with Crippen LogP contribution in [0.1, 0.15) is 30.9 Å². The van der Waals surface area contributed by atoms with Gasteiger partial charge in [0.25, 0.3) is 0 Å². The summed E-state index contributed by atoms with van der Waals surface area (Å²) in [5, 5.41) is 0. The Morgan fingerprint density at radius 3 is 2.67 bits per heavy atom. The highest BCUT2D eigenvalue weighted by atomic mass is 16.5. The number of hydrogen-bond donors (Lipinski definition) is 1. The van der Waals surface area contributed by atoms with Gasteiger partial charge in [0.1, 0.15) is 5.75 Å². The van der Waals surface area contributed by atoms with E-state index in [0.717, 1.165) is 25.3 Å². The molecule has 0 aliphatic carbocycles. The zero-order chi connectivity index (χ0) is 14.8. The SMILES string of the molecule is COc1ccc(N2CCCC2)cc1C1CC(CN)CN1C. The van der Waals surface area contributed by atoms with Gasteiger partial charge >= 0.3 is 0 Å². The number of hydrogen-bond acceptors (Lipinski definition) is 4. The Balaban J connectivity index is 1.90. The fourth-order valence-electron chi connectivity index (χ4n) is 3.79. The molecule has 4 heteroatoms. The van der Waals surface area contributed by atoms with Crippen LogP contribution in [-0.4, -0.2) is 45.2 Å². The lowest BCUT2D eigenvalue weighted by molar-refractivity contribution is 0.303. The number of nitrogens with two attached hydrogens (primary N) is 1. The van der Waals surface area contributed by atoms with Crippen molar-refractivity contribution in [1.29, 1.82) is 0 Å². The summed E-state index contributed by atoms with van der Waals surface area (Å²) in [5.41, 5.74) is 8.53. The van der Waals surface area contributed by atoms with Crippen molar-refractivity contribution in [2.75, 3.05) is 45.2 Å². The van der Waals surface area contributed by atoms with Gasteiger partial charge in [-0.15, -0.1) is 0 Å². The average molecular weight is 289 g/mol. The van der Waals surface area contributed by atoms with E-state index in [1.165, 1.54) is 37.2 Å². The average Bonchev–Trinajstić information content (AvgIpc) is 3.16. The molecule has 2 heterocycles. The van der Waals surface area contributed by atoms with Gasteiger partial charge in [-0.2, -0.15) is 0 Å². The van der Waals surface area contributed by atoms with Crippen LogP contribution in [0, 0.1) is 5.92 Å². The summed E-state index contributed by atoms with van der Waals surface area (Å²) >= 11 is 0. The Hall–Kier alpha value is -1.26. The van der Waals surface area contributed by atoms with Crippen LogP contribution in [0.2, 0.25) is 0 Å². The summed E-state index contributed by atoms with van der Waals surface area (Å²) in [7, 11) is 3.96. The molecular formula is C17H27N3O. The summed E-state index contributed by atoms with van der Waals surface area (Å²) in [4.78, 5) is 4.90. The number of likely N-dealkylation sites (tertiary alicyclic amines) is 1. The smallest absolute Gasteiger partial charge is 0.123 e. The van der Waals surface area contributed by atoms with E-state index >= 15 is 0 Å². The van der Waals surface area contributed by atoms with E-state index in [0.29, 0.717) is 12.0 Å². The Morgan fingerprint density at radius 2 is 2.05 bits per heavy atom. The van der Waals surface area contributed by atoms with E-state index in [1.807, 2.05) is 0 Å². The fourth-order valence-corrected chi connectivity index (χ4v) is 3.79. The Bertz CT molecular complexity index is 485. The molecule has 116 valence electrons. The standard InChI is InChI=1S/C17H27N3O/c1-19-12-13(11-18)9-16(19)15-10-14(5-6-17(15)21-2)20-7-3-4-8-20/h5-6,10,13,16H,3-4,7-9,11-12,18H2,1-2H3. The van der Waals surface area contributed by atoms with Crippen LogP contribution < -0.4 is 15.4 Å². The topological polar surface area (TPSA) is 41.7 Å². The number of methoxy groups -OCH3 is 1. The van der Waals surface area contributed by atoms with E-state index in [9.17, 15) is 0 Å². The maximum Gasteiger partial charge on any atom is 0.123 e. The Kier molecular flexibility index (Phi) is 4.36. The number of nitrogens with zero attached hydrogens (tertiary/aromatic N) is 2. The van der Waals surface area contributed by atoms with Gasteiger partial charge in [-0.1, -0.05) is 0 Å². The minimum absolute atomic E-state index is 0.427. The van der Waals surface area contributed by atoms with Crippen molar-refractivity contribution in [3.05, 3.63) is 23.8 Å². The second-order valence-corrected chi connectivity index (χ2v) is 6.41. The largest absolute Gasteiger partial charge is 0.496 e. The minimum Gasteiger partial charge on any atom is -0.496 e. The van der Waals surface area contributed by atoms with Crippen LogP contribution in [0.5, 0.6) is 5.75 Å². The Morgan fingerprint density at radius 1 is 1.29 bits per heavy atom. The summed E-state index contributed by atoms with van der Waals surface area (Å²) in [6.07, 6.45) is 3.74. The van der Waals surface area contributed by atoms with Crippen LogP contribution >= 0.6 is 0 Å². The highest BCUT2D eigenvalue weighted by molar-refractivity contribution is 5.54. The molecule has 2 unspecified atom stereocenters. The predicted octanol–water partition coefficient (Wildman–Crippen LogP) is 2.25. The first kappa shape index (κ1) is 14.7. The first-order chi connectivity index (χ1) is 10.2. The number of anilines is 1. The fraction of sp³-hybridized carbons (Fsp3) is 0.647. The molecule has 21 heavy (non-hydrogen) atoms. The quantitative estimate of drug-likeness (QED) is 0.923. The van der Waals surface area contributed by atoms with Crippen molar-refractivity contribution in [2.45, 2.75) is 25.3 Å². The lowest BCUT2D eigenvalue weighted by atomic mass is 9.98. The van der Waals surface area contributed by atoms with Crippen LogP contribution in [-0.2, 0) is 0 Å². The van der Waals surface area contributed by atoms with Gasteiger partial charge in [0.2, 0.25) is 0 Å². The highest BCUT2D eigenvalue weighted by Crippen LogP contribution is 2.40. The molecule has 2 saturated heterocycles. The third-order valence-electron chi connectivity index (χ3n) is 5.01. The molecular weight excluding hydrogens is 262 g/mol. The van der Waals surface area contributed by atoms with Gasteiger partial charge in [0.15, 0.2) is 0 Å². The molecule has 4 nitrogen and oxygen atoms in total. The van der Waals surface area contributed by atoms with Crippen molar-refractivity contribution < 1.29 is 4.74 Å². The van der Waals surface area contributed by atoms with Gasteiger partial charge in [0, 0.05) is 36.9 Å². The molecule has 1 aromatic rings. The van der Waals surface area contributed by atoms with Crippen LogP contribution in [0.4, 0.5) is 5.69 Å². The molecule has 0 radical (unpaired) electrons.